The molecule has 2 nitrogen and oxygen atoms in total. The van der Waals surface area contributed by atoms with E-state index in [9.17, 15) is 13.6 Å². The number of halogens is 3. The van der Waals surface area contributed by atoms with E-state index in [-0.39, 0.29) is 11.3 Å². The maximum Gasteiger partial charge on any atom is 0.272 e. The van der Waals surface area contributed by atoms with Gasteiger partial charge < -0.3 is 4.74 Å². The molecule has 0 amide bonds. The number of hydrogen-bond donors (Lipinski definition) is 0. The minimum atomic E-state index is -2.58. The molecular weight excluding hydrogens is 214 g/mol. The molecule has 1 aromatic rings. The van der Waals surface area contributed by atoms with Gasteiger partial charge in [0.05, 0.1) is 5.56 Å². The number of benzene rings is 1. The van der Waals surface area contributed by atoms with Crippen LogP contribution < -0.4 is 4.74 Å². The number of ether oxygens (including phenoxy) is 1. The van der Waals surface area contributed by atoms with Gasteiger partial charge in [0.25, 0.3) is 11.7 Å². The lowest BCUT2D eigenvalue weighted by Crippen LogP contribution is -2.08. The van der Waals surface area contributed by atoms with E-state index in [1.807, 2.05) is 0 Å². The zero-order valence-corrected chi connectivity index (χ0v) is 7.80. The predicted octanol–water partition coefficient (Wildman–Crippen LogP) is 2.71. The highest BCUT2D eigenvalue weighted by Crippen LogP contribution is 2.20. The summed E-state index contributed by atoms with van der Waals surface area (Å²) >= 11 is 5.22. The van der Waals surface area contributed by atoms with Gasteiger partial charge in [-0.2, -0.15) is 0 Å². The van der Waals surface area contributed by atoms with Crippen molar-refractivity contribution < 1.29 is 18.3 Å². The molecule has 0 fully saturated rings. The molecule has 0 N–H and O–H groups in total. The van der Waals surface area contributed by atoms with Crippen molar-refractivity contribution >= 4 is 16.8 Å². The average Bonchev–Trinajstić information content (AvgIpc) is 2.15. The quantitative estimate of drug-likeness (QED) is 0.730. The topological polar surface area (TPSA) is 26.3 Å². The van der Waals surface area contributed by atoms with Crippen LogP contribution in [0.1, 0.15) is 10.4 Å². The van der Waals surface area contributed by atoms with Crippen LogP contribution in [0, 0.1) is 0 Å². The summed E-state index contributed by atoms with van der Waals surface area (Å²) in [6.45, 7) is -0.749. The summed E-state index contributed by atoms with van der Waals surface area (Å²) in [5, 5.41) is -0.727. The van der Waals surface area contributed by atoms with E-state index in [2.05, 4.69) is 0 Å². The van der Waals surface area contributed by atoms with Gasteiger partial charge in [-0.05, 0) is 23.7 Å². The zero-order chi connectivity index (χ0) is 10.6. The highest BCUT2D eigenvalue weighted by molar-refractivity contribution is 6.68. The Morgan fingerprint density at radius 1 is 1.43 bits per heavy atom. The highest BCUT2D eigenvalue weighted by atomic mass is 35.5. The van der Waals surface area contributed by atoms with Gasteiger partial charge in [0, 0.05) is 0 Å². The lowest BCUT2D eigenvalue weighted by Gasteiger charge is -2.07. The van der Waals surface area contributed by atoms with Crippen molar-refractivity contribution in [1.82, 2.24) is 0 Å². The van der Waals surface area contributed by atoms with E-state index in [0.29, 0.717) is 0 Å². The molecule has 0 unspecified atom stereocenters. The maximum absolute atomic E-state index is 11.8. The molecule has 0 aromatic heterocycles. The smallest absolute Gasteiger partial charge is 0.272 e. The first-order valence-electron chi connectivity index (χ1n) is 3.81. The Bertz CT molecular complexity index is 328. The molecule has 0 heterocycles. The number of rotatable bonds is 4. The standard InChI is InChI=1S/C9H7ClF2O2/c10-9(13)6-3-1-2-4-7(6)14-5-8(11)12/h1-4,8H,5H2. The van der Waals surface area contributed by atoms with Crippen LogP contribution in [-0.4, -0.2) is 18.3 Å². The van der Waals surface area contributed by atoms with Gasteiger partial charge >= 0.3 is 0 Å². The first-order chi connectivity index (χ1) is 6.61. The molecule has 0 aliphatic heterocycles. The summed E-state index contributed by atoms with van der Waals surface area (Å²) in [7, 11) is 0. The Hall–Kier alpha value is -1.16. The number of alkyl halides is 2. The summed E-state index contributed by atoms with van der Waals surface area (Å²) in [5.41, 5.74) is 0.0924. The second kappa shape index (κ2) is 4.91. The summed E-state index contributed by atoms with van der Waals surface area (Å²) in [4.78, 5) is 10.8. The Kier molecular flexibility index (Phi) is 3.83. The van der Waals surface area contributed by atoms with E-state index in [4.69, 9.17) is 16.3 Å². The monoisotopic (exact) mass is 220 g/mol. The van der Waals surface area contributed by atoms with Crippen molar-refractivity contribution in [2.24, 2.45) is 0 Å². The Balaban J connectivity index is 2.79. The minimum Gasteiger partial charge on any atom is -0.487 e. The molecule has 0 saturated carbocycles. The minimum absolute atomic E-state index is 0.0767. The number of carbonyl (C=O) groups is 1. The second-order valence-corrected chi connectivity index (χ2v) is 2.82. The van der Waals surface area contributed by atoms with E-state index < -0.39 is 18.3 Å². The van der Waals surface area contributed by atoms with Crippen molar-refractivity contribution in [2.75, 3.05) is 6.61 Å². The normalized spacial score (nSPS) is 10.3. The summed E-state index contributed by atoms with van der Waals surface area (Å²) in [5.74, 6) is 0.0767. The van der Waals surface area contributed by atoms with E-state index >= 15 is 0 Å². The van der Waals surface area contributed by atoms with Crippen LogP contribution in [0.4, 0.5) is 8.78 Å². The largest absolute Gasteiger partial charge is 0.487 e. The molecule has 14 heavy (non-hydrogen) atoms. The number of para-hydroxylation sites is 1. The summed E-state index contributed by atoms with van der Waals surface area (Å²) in [6, 6.07) is 5.98. The third kappa shape index (κ3) is 2.96. The fraction of sp³-hybridized carbons (Fsp3) is 0.222. The van der Waals surface area contributed by atoms with Gasteiger partial charge in [-0.25, -0.2) is 8.78 Å². The van der Waals surface area contributed by atoms with Crippen LogP contribution in [0.15, 0.2) is 24.3 Å². The van der Waals surface area contributed by atoms with Crippen molar-refractivity contribution in [3.63, 3.8) is 0 Å². The summed E-state index contributed by atoms with van der Waals surface area (Å²) < 4.78 is 28.3. The third-order valence-corrected chi connectivity index (χ3v) is 1.67. The van der Waals surface area contributed by atoms with E-state index in [0.717, 1.165) is 0 Å². The average molecular weight is 221 g/mol. The van der Waals surface area contributed by atoms with Gasteiger partial charge in [0.15, 0.2) is 0 Å². The molecule has 76 valence electrons. The molecule has 0 radical (unpaired) electrons. The van der Waals surface area contributed by atoms with Crippen molar-refractivity contribution in [1.29, 1.82) is 0 Å². The van der Waals surface area contributed by atoms with E-state index in [1.54, 1.807) is 12.1 Å². The van der Waals surface area contributed by atoms with Gasteiger partial charge in [-0.15, -0.1) is 0 Å². The molecule has 1 rings (SSSR count). The number of carbonyl (C=O) groups excluding carboxylic acids is 1. The van der Waals surface area contributed by atoms with Gasteiger partial charge in [0.2, 0.25) is 0 Å². The van der Waals surface area contributed by atoms with Crippen molar-refractivity contribution in [3.8, 4) is 5.75 Å². The lowest BCUT2D eigenvalue weighted by atomic mass is 10.2. The first-order valence-corrected chi connectivity index (χ1v) is 4.19. The third-order valence-electron chi connectivity index (χ3n) is 1.46. The van der Waals surface area contributed by atoms with Crippen LogP contribution in [0.3, 0.4) is 0 Å². The molecule has 0 spiro atoms. The Labute approximate surface area is 84.4 Å². The SMILES string of the molecule is O=C(Cl)c1ccccc1OCC(F)F. The van der Waals surface area contributed by atoms with Gasteiger partial charge in [-0.1, -0.05) is 12.1 Å². The maximum atomic E-state index is 11.8. The molecule has 0 aliphatic rings. The van der Waals surface area contributed by atoms with Crippen LogP contribution >= 0.6 is 11.6 Å². The summed E-state index contributed by atoms with van der Waals surface area (Å²) in [6.07, 6.45) is -2.58. The molecular formula is C9H7ClF2O2. The molecule has 5 heteroatoms. The van der Waals surface area contributed by atoms with Crippen LogP contribution in [0.25, 0.3) is 0 Å². The van der Waals surface area contributed by atoms with Crippen LogP contribution in [0.2, 0.25) is 0 Å². The predicted molar refractivity (Wildman–Crippen MR) is 48.1 cm³/mol. The highest BCUT2D eigenvalue weighted by Gasteiger charge is 2.11. The van der Waals surface area contributed by atoms with Gasteiger partial charge in [-0.3, -0.25) is 4.79 Å². The molecule has 0 saturated heterocycles. The molecule has 0 aliphatic carbocycles. The Morgan fingerprint density at radius 3 is 2.64 bits per heavy atom. The van der Waals surface area contributed by atoms with Crippen molar-refractivity contribution in [3.05, 3.63) is 29.8 Å². The van der Waals surface area contributed by atoms with Gasteiger partial charge in [0.1, 0.15) is 12.4 Å². The Morgan fingerprint density at radius 2 is 2.07 bits per heavy atom. The first kappa shape index (κ1) is 10.9. The zero-order valence-electron chi connectivity index (χ0n) is 7.04. The number of hydrogen-bond acceptors (Lipinski definition) is 2. The molecule has 0 bridgehead atoms. The van der Waals surface area contributed by atoms with Crippen LogP contribution in [0.5, 0.6) is 5.75 Å². The fourth-order valence-corrected chi connectivity index (χ4v) is 1.06. The lowest BCUT2D eigenvalue weighted by molar-refractivity contribution is 0.0807. The molecule has 0 atom stereocenters. The van der Waals surface area contributed by atoms with E-state index in [1.165, 1.54) is 12.1 Å². The molecule has 1 aromatic carbocycles. The van der Waals surface area contributed by atoms with Crippen molar-refractivity contribution in [2.45, 2.75) is 6.43 Å². The fourth-order valence-electron chi connectivity index (χ4n) is 0.908. The second-order valence-electron chi connectivity index (χ2n) is 2.47. The van der Waals surface area contributed by atoms with Crippen LogP contribution in [-0.2, 0) is 0 Å².